The van der Waals surface area contributed by atoms with Crippen molar-refractivity contribution >= 4 is 17.5 Å². The summed E-state index contributed by atoms with van der Waals surface area (Å²) in [5.74, 6) is 1.43. The molecule has 2 heterocycles. The average Bonchev–Trinajstić information content (AvgIpc) is 3.20. The first-order chi connectivity index (χ1) is 18.5. The molecule has 6 nitrogen and oxygen atoms in total. The highest BCUT2D eigenvalue weighted by molar-refractivity contribution is 6.18. The molecule has 1 fully saturated rings. The van der Waals surface area contributed by atoms with Crippen LogP contribution in [-0.2, 0) is 9.59 Å². The second kappa shape index (κ2) is 9.74. The number of amides is 2. The van der Waals surface area contributed by atoms with Gasteiger partial charge in [-0.25, -0.2) is 4.90 Å². The summed E-state index contributed by atoms with van der Waals surface area (Å²) in [7, 11) is 3.17. The Kier molecular flexibility index (Phi) is 6.69. The van der Waals surface area contributed by atoms with Gasteiger partial charge in [-0.2, -0.15) is 0 Å². The quantitative estimate of drug-likeness (QED) is 0.347. The molecule has 5 rings (SSSR count). The third kappa shape index (κ3) is 4.36. The number of piperidine rings is 1. The standard InChI is InChI=1S/C33H37NO5/c1-18-9-11-22(12-10-18)30-29-21(4)31(19(2)20(3)32(29)39-33(30,5)6)34-27(35)16-24(17-28(34)36)23-13-14-25(37-7)26(15-23)38-8/h9-15,24,30H,16-17H2,1-8H3. The summed E-state index contributed by atoms with van der Waals surface area (Å²) >= 11 is 0. The molecule has 0 bridgehead atoms. The van der Waals surface area contributed by atoms with E-state index in [4.69, 9.17) is 14.2 Å². The molecule has 39 heavy (non-hydrogen) atoms. The molecule has 0 aromatic heterocycles. The number of anilines is 1. The van der Waals surface area contributed by atoms with E-state index in [1.807, 2.05) is 39.0 Å². The number of benzene rings is 3. The summed E-state index contributed by atoms with van der Waals surface area (Å²) in [4.78, 5) is 28.9. The van der Waals surface area contributed by atoms with Crippen molar-refractivity contribution in [3.63, 3.8) is 0 Å². The lowest BCUT2D eigenvalue weighted by molar-refractivity contribution is -0.129. The van der Waals surface area contributed by atoms with Crippen LogP contribution in [0.2, 0.25) is 0 Å². The first-order valence-electron chi connectivity index (χ1n) is 13.4. The SMILES string of the molecule is COc1ccc(C2CC(=O)N(c3c(C)c(C)c4c(c3C)C(c3ccc(C)cc3)C(C)(C)O4)C(=O)C2)cc1OC. The molecule has 2 aliphatic rings. The Morgan fingerprint density at radius 3 is 1.97 bits per heavy atom. The van der Waals surface area contributed by atoms with Crippen LogP contribution in [0.3, 0.4) is 0 Å². The Morgan fingerprint density at radius 1 is 0.795 bits per heavy atom. The van der Waals surface area contributed by atoms with Gasteiger partial charge in [0.05, 0.1) is 25.8 Å². The molecule has 1 unspecified atom stereocenters. The molecule has 0 N–H and O–H groups in total. The Hall–Kier alpha value is -3.80. The van der Waals surface area contributed by atoms with E-state index in [0.717, 1.165) is 39.1 Å². The van der Waals surface area contributed by atoms with Gasteiger partial charge in [0, 0.05) is 24.3 Å². The van der Waals surface area contributed by atoms with Crippen molar-refractivity contribution in [3.8, 4) is 17.2 Å². The van der Waals surface area contributed by atoms with Gasteiger partial charge in [0.25, 0.3) is 0 Å². The zero-order valence-electron chi connectivity index (χ0n) is 24.1. The maximum Gasteiger partial charge on any atom is 0.234 e. The van der Waals surface area contributed by atoms with Gasteiger partial charge in [0.2, 0.25) is 11.8 Å². The normalized spacial score (nSPS) is 18.7. The molecule has 1 saturated heterocycles. The largest absolute Gasteiger partial charge is 0.493 e. The van der Waals surface area contributed by atoms with E-state index in [1.54, 1.807) is 14.2 Å². The summed E-state index contributed by atoms with van der Waals surface area (Å²) < 4.78 is 17.4. The summed E-state index contributed by atoms with van der Waals surface area (Å²) in [6.45, 7) is 12.3. The maximum atomic E-state index is 13.7. The van der Waals surface area contributed by atoms with Gasteiger partial charge in [-0.15, -0.1) is 0 Å². The first kappa shape index (κ1) is 26.8. The van der Waals surface area contributed by atoms with Crippen LogP contribution >= 0.6 is 0 Å². The fraction of sp³-hybridized carbons (Fsp3) is 0.394. The second-order valence-corrected chi connectivity index (χ2v) is 11.4. The molecule has 0 saturated carbocycles. The molecule has 1 atom stereocenters. The number of imide groups is 1. The number of hydrogen-bond donors (Lipinski definition) is 0. The number of ether oxygens (including phenoxy) is 3. The van der Waals surface area contributed by atoms with Gasteiger partial charge >= 0.3 is 0 Å². The van der Waals surface area contributed by atoms with Crippen molar-refractivity contribution in [3.05, 3.63) is 81.4 Å². The monoisotopic (exact) mass is 527 g/mol. The minimum atomic E-state index is -0.480. The smallest absolute Gasteiger partial charge is 0.234 e. The predicted molar refractivity (Wildman–Crippen MR) is 152 cm³/mol. The zero-order chi connectivity index (χ0) is 28.2. The van der Waals surface area contributed by atoms with Crippen LogP contribution < -0.4 is 19.1 Å². The van der Waals surface area contributed by atoms with Crippen molar-refractivity contribution in [2.75, 3.05) is 19.1 Å². The van der Waals surface area contributed by atoms with E-state index in [0.29, 0.717) is 17.2 Å². The zero-order valence-corrected chi connectivity index (χ0v) is 24.1. The van der Waals surface area contributed by atoms with Crippen LogP contribution in [0, 0.1) is 27.7 Å². The number of rotatable bonds is 5. The molecule has 3 aromatic rings. The van der Waals surface area contributed by atoms with Crippen LogP contribution in [0.5, 0.6) is 17.2 Å². The molecule has 0 radical (unpaired) electrons. The fourth-order valence-corrected chi connectivity index (χ4v) is 6.35. The lowest BCUT2D eigenvalue weighted by Gasteiger charge is -2.33. The summed E-state index contributed by atoms with van der Waals surface area (Å²) in [6, 6.07) is 14.1. The lowest BCUT2D eigenvalue weighted by atomic mass is 9.78. The highest BCUT2D eigenvalue weighted by atomic mass is 16.5. The van der Waals surface area contributed by atoms with Crippen LogP contribution in [-0.4, -0.2) is 31.6 Å². The summed E-state index contributed by atoms with van der Waals surface area (Å²) in [5.41, 5.74) is 7.32. The topological polar surface area (TPSA) is 65.1 Å². The maximum absolute atomic E-state index is 13.7. The number of fused-ring (bicyclic) bond motifs is 1. The third-order valence-electron chi connectivity index (χ3n) is 8.47. The minimum Gasteiger partial charge on any atom is -0.493 e. The van der Waals surface area contributed by atoms with E-state index in [9.17, 15) is 9.59 Å². The van der Waals surface area contributed by atoms with E-state index < -0.39 is 5.60 Å². The molecule has 0 spiro atoms. The van der Waals surface area contributed by atoms with Crippen LogP contribution in [0.25, 0.3) is 0 Å². The number of carbonyl (C=O) groups is 2. The van der Waals surface area contributed by atoms with Gasteiger partial charge in [0.15, 0.2) is 11.5 Å². The van der Waals surface area contributed by atoms with E-state index in [1.165, 1.54) is 10.5 Å². The lowest BCUT2D eigenvalue weighted by Crippen LogP contribution is -2.43. The van der Waals surface area contributed by atoms with Crippen molar-refractivity contribution in [2.45, 2.75) is 71.8 Å². The number of aryl methyl sites for hydroxylation is 1. The molecular formula is C33H37NO5. The number of hydrogen-bond acceptors (Lipinski definition) is 5. The van der Waals surface area contributed by atoms with Crippen molar-refractivity contribution in [2.24, 2.45) is 0 Å². The summed E-state index contributed by atoms with van der Waals surface area (Å²) in [5, 5.41) is 0. The highest BCUT2D eigenvalue weighted by Crippen LogP contribution is 2.54. The molecule has 0 aliphatic carbocycles. The Balaban J connectivity index is 1.56. The fourth-order valence-electron chi connectivity index (χ4n) is 6.35. The third-order valence-corrected chi connectivity index (χ3v) is 8.47. The predicted octanol–water partition coefficient (Wildman–Crippen LogP) is 6.68. The van der Waals surface area contributed by atoms with Crippen molar-refractivity contribution in [1.29, 1.82) is 0 Å². The molecule has 2 aliphatic heterocycles. The first-order valence-corrected chi connectivity index (χ1v) is 13.4. The highest BCUT2D eigenvalue weighted by Gasteiger charge is 2.46. The van der Waals surface area contributed by atoms with Crippen LogP contribution in [0.15, 0.2) is 42.5 Å². The summed E-state index contributed by atoms with van der Waals surface area (Å²) in [6.07, 6.45) is 0.471. The van der Waals surface area contributed by atoms with Gasteiger partial charge in [-0.3, -0.25) is 9.59 Å². The van der Waals surface area contributed by atoms with Gasteiger partial charge in [-0.05, 0) is 81.5 Å². The minimum absolute atomic E-state index is 0.0272. The number of methoxy groups -OCH3 is 2. The molecular weight excluding hydrogens is 490 g/mol. The molecule has 3 aromatic carbocycles. The molecule has 6 heteroatoms. The number of nitrogens with zero attached hydrogens (tertiary/aromatic N) is 1. The van der Waals surface area contributed by atoms with Crippen LogP contribution in [0.1, 0.15) is 77.5 Å². The average molecular weight is 528 g/mol. The Labute approximate surface area is 230 Å². The number of carbonyl (C=O) groups excluding carboxylic acids is 2. The Morgan fingerprint density at radius 2 is 1.38 bits per heavy atom. The van der Waals surface area contributed by atoms with Gasteiger partial charge < -0.3 is 14.2 Å². The van der Waals surface area contributed by atoms with E-state index >= 15 is 0 Å². The van der Waals surface area contributed by atoms with E-state index in [-0.39, 0.29) is 36.5 Å². The van der Waals surface area contributed by atoms with Crippen LogP contribution in [0.4, 0.5) is 5.69 Å². The van der Waals surface area contributed by atoms with Crippen molar-refractivity contribution in [1.82, 2.24) is 0 Å². The van der Waals surface area contributed by atoms with Crippen molar-refractivity contribution < 1.29 is 23.8 Å². The van der Waals surface area contributed by atoms with Gasteiger partial charge in [-0.1, -0.05) is 35.9 Å². The Bertz CT molecular complexity index is 1450. The second-order valence-electron chi connectivity index (χ2n) is 11.4. The molecule has 2 amide bonds. The van der Waals surface area contributed by atoms with Gasteiger partial charge in [0.1, 0.15) is 11.4 Å². The van der Waals surface area contributed by atoms with E-state index in [2.05, 4.69) is 45.0 Å². The molecule has 204 valence electrons.